The molecule has 2 saturated carbocycles. The molecule has 3 aliphatic heterocycles. The number of benzene rings is 2. The summed E-state index contributed by atoms with van der Waals surface area (Å²) in [4.78, 5) is 32.8. The first-order chi connectivity index (χ1) is 21.6. The van der Waals surface area contributed by atoms with E-state index in [1.807, 2.05) is 12.1 Å². The third-order valence-electron chi connectivity index (χ3n) is 11.7. The Balaban J connectivity index is 1.30. The van der Waals surface area contributed by atoms with E-state index in [4.69, 9.17) is 0 Å². The van der Waals surface area contributed by atoms with Gasteiger partial charge in [0.05, 0.1) is 16.4 Å². The van der Waals surface area contributed by atoms with Crippen LogP contribution in [0.4, 0.5) is 0 Å². The number of hydrogen-bond donors (Lipinski definition) is 1. The fraction of sp³-hybridized carbons (Fsp3) is 0.556. The van der Waals surface area contributed by atoms with Crippen molar-refractivity contribution in [3.05, 3.63) is 59.2 Å². The van der Waals surface area contributed by atoms with E-state index in [0.29, 0.717) is 23.9 Å². The van der Waals surface area contributed by atoms with Crippen LogP contribution in [0.3, 0.4) is 0 Å². The van der Waals surface area contributed by atoms with E-state index in [1.54, 1.807) is 19.9 Å². The first-order valence-corrected chi connectivity index (χ1v) is 18.5. The van der Waals surface area contributed by atoms with Gasteiger partial charge in [-0.3, -0.25) is 9.59 Å². The van der Waals surface area contributed by atoms with Crippen LogP contribution in [0, 0.1) is 5.41 Å². The molecule has 1 aromatic heterocycles. The molecule has 8 nitrogen and oxygen atoms in total. The standard InChI is InChI=1S/C36H44N4O4S/c1-22(2)45(43,44)37-34(41)24-13-16-29-31(17-24)39-21-36(35(42)40-25-14-15-26(40)20-38(3)19-25)18-30(36)27-11-7-8-12-28(27)33(39)32(29)23-9-5-4-6-10-23/h7-8,11-13,16-17,22-23,25-26,30H,4-6,9-10,14-15,18-21H2,1-3H3,(H,37,41)/t25?,26?,30-,36+/m1/s1. The Hall–Kier alpha value is -3.17. The number of nitrogens with zero attached hydrogens (tertiary/aromatic N) is 3. The normalized spacial score (nSPS) is 28.0. The summed E-state index contributed by atoms with van der Waals surface area (Å²) >= 11 is 0. The van der Waals surface area contributed by atoms with Crippen molar-refractivity contribution in [2.45, 2.75) is 101 Å². The quantitative estimate of drug-likeness (QED) is 0.396. The number of nitrogens with one attached hydrogen (secondary N) is 1. The van der Waals surface area contributed by atoms with Crippen LogP contribution in [0.25, 0.3) is 22.2 Å². The summed E-state index contributed by atoms with van der Waals surface area (Å²) in [7, 11) is -1.61. The molecule has 45 heavy (non-hydrogen) atoms. The van der Waals surface area contributed by atoms with Gasteiger partial charge in [0.15, 0.2) is 0 Å². The number of carbonyl (C=O) groups excluding carboxylic acids is 2. The number of piperazine rings is 1. The molecule has 2 aliphatic carbocycles. The number of likely N-dealkylation sites (N-methyl/N-ethyl adjacent to an activating group) is 1. The maximum atomic E-state index is 14.9. The van der Waals surface area contributed by atoms with Gasteiger partial charge in [-0.25, -0.2) is 13.1 Å². The molecule has 4 fully saturated rings. The molecular weight excluding hydrogens is 584 g/mol. The smallest absolute Gasteiger partial charge is 0.264 e. The van der Waals surface area contributed by atoms with Gasteiger partial charge in [0.25, 0.3) is 5.91 Å². The summed E-state index contributed by atoms with van der Waals surface area (Å²) in [6.07, 6.45) is 8.87. The number of sulfonamides is 1. The third kappa shape index (κ3) is 4.51. The summed E-state index contributed by atoms with van der Waals surface area (Å²) in [5.41, 5.74) is 5.74. The maximum Gasteiger partial charge on any atom is 0.264 e. The van der Waals surface area contributed by atoms with Crippen LogP contribution in [-0.4, -0.2) is 72.1 Å². The predicted octanol–water partition coefficient (Wildman–Crippen LogP) is 5.62. The number of fused-ring (bicyclic) bond motifs is 9. The molecule has 2 saturated heterocycles. The average Bonchev–Trinajstić information content (AvgIpc) is 3.61. The van der Waals surface area contributed by atoms with Gasteiger partial charge in [0, 0.05) is 59.7 Å². The third-order valence-corrected chi connectivity index (χ3v) is 13.4. The highest BCUT2D eigenvalue weighted by molar-refractivity contribution is 7.90. The summed E-state index contributed by atoms with van der Waals surface area (Å²) in [5, 5.41) is 0.406. The van der Waals surface area contributed by atoms with Crippen molar-refractivity contribution in [1.82, 2.24) is 19.1 Å². The molecule has 1 N–H and O–H groups in total. The fourth-order valence-electron chi connectivity index (χ4n) is 9.28. The first-order valence-electron chi connectivity index (χ1n) is 16.9. The first kappa shape index (κ1) is 29.2. The van der Waals surface area contributed by atoms with Crippen molar-refractivity contribution >= 4 is 32.7 Å². The molecule has 0 radical (unpaired) electrons. The van der Waals surface area contributed by atoms with Crippen LogP contribution >= 0.6 is 0 Å². The molecule has 2 bridgehead atoms. The van der Waals surface area contributed by atoms with Gasteiger partial charge >= 0.3 is 0 Å². The van der Waals surface area contributed by atoms with E-state index < -0.39 is 26.6 Å². The number of aromatic nitrogens is 1. The van der Waals surface area contributed by atoms with Gasteiger partial charge in [-0.05, 0) is 82.2 Å². The average molecular weight is 629 g/mol. The van der Waals surface area contributed by atoms with Gasteiger partial charge in [-0.1, -0.05) is 49.6 Å². The van der Waals surface area contributed by atoms with Crippen molar-refractivity contribution < 1.29 is 18.0 Å². The number of carbonyl (C=O) groups is 2. The molecule has 2 amide bonds. The van der Waals surface area contributed by atoms with Gasteiger partial charge in [-0.2, -0.15) is 0 Å². The second kappa shape index (κ2) is 10.4. The lowest BCUT2D eigenvalue weighted by Crippen LogP contribution is -2.57. The molecule has 238 valence electrons. The van der Waals surface area contributed by atoms with Crippen LogP contribution in [0.1, 0.15) is 98.5 Å². The SMILES string of the molecule is CC(C)S(=O)(=O)NC(=O)c1ccc2c(C3CCCCC3)c3n(c2c1)C[C@@]1(C(=O)N2C4CCC2CN(C)C4)C[C@@H]1c1ccccc1-3. The molecule has 4 atom stereocenters. The highest BCUT2D eigenvalue weighted by Crippen LogP contribution is 2.66. The van der Waals surface area contributed by atoms with Crippen molar-refractivity contribution in [1.29, 1.82) is 0 Å². The van der Waals surface area contributed by atoms with E-state index in [1.165, 1.54) is 41.6 Å². The zero-order chi connectivity index (χ0) is 31.2. The predicted molar refractivity (Wildman–Crippen MR) is 176 cm³/mol. The van der Waals surface area contributed by atoms with E-state index >= 15 is 0 Å². The highest BCUT2D eigenvalue weighted by Gasteiger charge is 2.65. The van der Waals surface area contributed by atoms with E-state index in [-0.39, 0.29) is 18.0 Å². The molecule has 2 unspecified atom stereocenters. The van der Waals surface area contributed by atoms with Gasteiger partial charge < -0.3 is 14.4 Å². The summed E-state index contributed by atoms with van der Waals surface area (Å²) < 4.78 is 29.9. The fourth-order valence-corrected chi connectivity index (χ4v) is 9.89. The van der Waals surface area contributed by atoms with E-state index in [9.17, 15) is 18.0 Å². The Morgan fingerprint density at radius 1 is 0.956 bits per heavy atom. The molecule has 8 rings (SSSR count). The Labute approximate surface area is 266 Å². The van der Waals surface area contributed by atoms with Crippen molar-refractivity contribution in [2.75, 3.05) is 20.1 Å². The second-order valence-corrected chi connectivity index (χ2v) is 17.0. The van der Waals surface area contributed by atoms with Crippen molar-refractivity contribution in [3.8, 4) is 11.3 Å². The molecule has 2 aromatic carbocycles. The largest absolute Gasteiger partial charge is 0.339 e. The maximum absolute atomic E-state index is 14.9. The zero-order valence-electron chi connectivity index (χ0n) is 26.6. The van der Waals surface area contributed by atoms with Crippen molar-refractivity contribution in [2.24, 2.45) is 5.41 Å². The minimum atomic E-state index is -3.78. The topological polar surface area (TPSA) is 91.7 Å². The number of rotatable bonds is 5. The zero-order valence-corrected chi connectivity index (χ0v) is 27.4. The Morgan fingerprint density at radius 2 is 1.67 bits per heavy atom. The molecule has 4 heterocycles. The molecule has 5 aliphatic rings. The van der Waals surface area contributed by atoms with Gasteiger partial charge in [0.2, 0.25) is 15.9 Å². The summed E-state index contributed by atoms with van der Waals surface area (Å²) in [5.74, 6) is 0.255. The lowest BCUT2D eigenvalue weighted by molar-refractivity contribution is -0.143. The Kier molecular flexibility index (Phi) is 6.77. The monoisotopic (exact) mass is 628 g/mol. The Bertz CT molecular complexity index is 1810. The van der Waals surface area contributed by atoms with Crippen LogP contribution in [-0.2, 0) is 21.4 Å². The molecule has 9 heteroatoms. The van der Waals surface area contributed by atoms with Gasteiger partial charge in [0.1, 0.15) is 0 Å². The lowest BCUT2D eigenvalue weighted by atomic mass is 9.81. The van der Waals surface area contributed by atoms with Gasteiger partial charge in [-0.15, -0.1) is 0 Å². The molecule has 3 aromatic rings. The lowest BCUT2D eigenvalue weighted by Gasteiger charge is -2.41. The van der Waals surface area contributed by atoms with Crippen LogP contribution in [0.15, 0.2) is 42.5 Å². The molecular formula is C36H44N4O4S. The van der Waals surface area contributed by atoms with Crippen LogP contribution in [0.5, 0.6) is 0 Å². The number of likely N-dealkylation sites (tertiary alicyclic amines) is 1. The Morgan fingerprint density at radius 3 is 2.38 bits per heavy atom. The second-order valence-electron chi connectivity index (χ2n) is 14.8. The summed E-state index contributed by atoms with van der Waals surface area (Å²) in [6, 6.07) is 14.9. The number of hydrogen-bond acceptors (Lipinski definition) is 5. The van der Waals surface area contributed by atoms with Crippen LogP contribution < -0.4 is 4.72 Å². The molecule has 0 spiro atoms. The van der Waals surface area contributed by atoms with E-state index in [2.05, 4.69) is 50.4 Å². The van der Waals surface area contributed by atoms with Crippen molar-refractivity contribution in [3.63, 3.8) is 0 Å². The minimum absolute atomic E-state index is 0.164. The number of amides is 2. The summed E-state index contributed by atoms with van der Waals surface area (Å²) in [6.45, 7) is 5.57. The van der Waals surface area contributed by atoms with E-state index in [0.717, 1.165) is 56.1 Å². The minimum Gasteiger partial charge on any atom is -0.339 e. The van der Waals surface area contributed by atoms with Crippen LogP contribution in [0.2, 0.25) is 0 Å². The highest BCUT2D eigenvalue weighted by atomic mass is 32.2.